The van der Waals surface area contributed by atoms with Gasteiger partial charge in [-0.2, -0.15) is 0 Å². The van der Waals surface area contributed by atoms with Gasteiger partial charge in [0, 0.05) is 19.1 Å². The van der Waals surface area contributed by atoms with Gasteiger partial charge in [-0.25, -0.2) is 0 Å². The number of nitrogens with zero attached hydrogens (tertiary/aromatic N) is 1. The molecule has 2 nitrogen and oxygen atoms in total. The molecule has 0 aromatic rings. The summed E-state index contributed by atoms with van der Waals surface area (Å²) in [7, 11) is 0. The summed E-state index contributed by atoms with van der Waals surface area (Å²) < 4.78 is 0. The molecule has 2 saturated heterocycles. The van der Waals surface area contributed by atoms with Gasteiger partial charge in [0.25, 0.3) is 0 Å². The van der Waals surface area contributed by atoms with E-state index in [0.717, 1.165) is 12.2 Å². The predicted molar refractivity (Wildman–Crippen MR) is 41.8 cm³/mol. The lowest BCUT2D eigenvalue weighted by molar-refractivity contribution is 0.126. The summed E-state index contributed by atoms with van der Waals surface area (Å²) in [6.45, 7) is 4.82. The van der Waals surface area contributed by atoms with Crippen LogP contribution in [-0.2, 0) is 0 Å². The van der Waals surface area contributed by atoms with E-state index in [-0.39, 0.29) is 0 Å². The monoisotopic (exact) mass is 140 g/mol. The Morgan fingerprint density at radius 2 is 2.30 bits per heavy atom. The molecule has 2 heteroatoms. The van der Waals surface area contributed by atoms with Gasteiger partial charge >= 0.3 is 0 Å². The van der Waals surface area contributed by atoms with Crippen molar-refractivity contribution in [3.05, 3.63) is 0 Å². The Kier molecular flexibility index (Phi) is 1.66. The summed E-state index contributed by atoms with van der Waals surface area (Å²) in [6.07, 6.45) is 4.90. The molecule has 2 aliphatic heterocycles. The number of hydrogen-bond donors (Lipinski definition) is 1. The van der Waals surface area contributed by atoms with E-state index in [1.54, 1.807) is 0 Å². The quantitative estimate of drug-likeness (QED) is 0.535. The Morgan fingerprint density at radius 1 is 1.40 bits per heavy atom. The van der Waals surface area contributed by atoms with Crippen LogP contribution in [0.3, 0.4) is 0 Å². The molecular weight excluding hydrogens is 124 g/mol. The molecule has 0 aromatic heterocycles. The van der Waals surface area contributed by atoms with Crippen molar-refractivity contribution in [3.8, 4) is 0 Å². The van der Waals surface area contributed by atoms with Crippen LogP contribution in [0.5, 0.6) is 0 Å². The highest BCUT2D eigenvalue weighted by atomic mass is 15.3. The summed E-state index contributed by atoms with van der Waals surface area (Å²) in [6, 6.07) is 0.828. The highest BCUT2D eigenvalue weighted by Crippen LogP contribution is 2.22. The Bertz CT molecular complexity index is 124. The van der Waals surface area contributed by atoms with Crippen LogP contribution < -0.4 is 5.32 Å². The lowest BCUT2D eigenvalue weighted by Gasteiger charge is -2.34. The summed E-state index contributed by atoms with van der Waals surface area (Å²) in [5.74, 6) is 0. The minimum Gasteiger partial charge on any atom is -0.300 e. The van der Waals surface area contributed by atoms with Gasteiger partial charge in [0.1, 0.15) is 0 Å². The molecule has 2 aliphatic rings. The zero-order chi connectivity index (χ0) is 6.97. The van der Waals surface area contributed by atoms with E-state index in [0.29, 0.717) is 0 Å². The minimum atomic E-state index is 0.726. The van der Waals surface area contributed by atoms with Crippen molar-refractivity contribution in [3.63, 3.8) is 0 Å². The first kappa shape index (κ1) is 6.62. The molecule has 0 aliphatic carbocycles. The van der Waals surface area contributed by atoms with Crippen molar-refractivity contribution in [2.24, 2.45) is 0 Å². The van der Waals surface area contributed by atoms with E-state index < -0.39 is 0 Å². The van der Waals surface area contributed by atoms with Crippen LogP contribution in [0.25, 0.3) is 0 Å². The van der Waals surface area contributed by atoms with E-state index in [4.69, 9.17) is 0 Å². The van der Waals surface area contributed by atoms with Gasteiger partial charge in [-0.3, -0.25) is 4.90 Å². The average Bonchev–Trinajstić information content (AvgIpc) is 2.36. The zero-order valence-corrected chi connectivity index (χ0v) is 6.64. The van der Waals surface area contributed by atoms with Crippen molar-refractivity contribution < 1.29 is 0 Å². The van der Waals surface area contributed by atoms with Crippen molar-refractivity contribution >= 4 is 0 Å². The second-order valence-corrected chi connectivity index (χ2v) is 3.49. The van der Waals surface area contributed by atoms with Gasteiger partial charge in [0.2, 0.25) is 0 Å². The fourth-order valence-corrected chi connectivity index (χ4v) is 2.20. The highest BCUT2D eigenvalue weighted by molar-refractivity contribution is 4.85. The van der Waals surface area contributed by atoms with Gasteiger partial charge in [-0.1, -0.05) is 0 Å². The van der Waals surface area contributed by atoms with Crippen molar-refractivity contribution in [1.82, 2.24) is 10.2 Å². The molecule has 0 aromatic carbocycles. The number of fused-ring (bicyclic) bond motifs is 1. The van der Waals surface area contributed by atoms with Gasteiger partial charge in [-0.15, -0.1) is 0 Å². The number of nitrogens with one attached hydrogen (secondary N) is 1. The Morgan fingerprint density at radius 3 is 3.10 bits per heavy atom. The zero-order valence-electron chi connectivity index (χ0n) is 6.64. The molecule has 2 atom stereocenters. The Labute approximate surface area is 62.6 Å². The van der Waals surface area contributed by atoms with Crippen LogP contribution >= 0.6 is 0 Å². The van der Waals surface area contributed by atoms with Gasteiger partial charge in [0.15, 0.2) is 0 Å². The molecule has 2 unspecified atom stereocenters. The molecule has 0 radical (unpaired) electrons. The molecule has 2 rings (SSSR count). The summed E-state index contributed by atoms with van der Waals surface area (Å²) in [5.41, 5.74) is 0. The fraction of sp³-hybridized carbons (Fsp3) is 1.00. The topological polar surface area (TPSA) is 15.3 Å². The van der Waals surface area contributed by atoms with Crippen molar-refractivity contribution in [1.29, 1.82) is 0 Å². The fourth-order valence-electron chi connectivity index (χ4n) is 2.20. The standard InChI is InChI=1S/C8H16N2/c1-7-3-2-4-8-9-5-6-10(7)8/h7-9H,2-6H2,1H3. The maximum Gasteiger partial charge on any atom is 0.0600 e. The first-order valence-electron chi connectivity index (χ1n) is 4.37. The van der Waals surface area contributed by atoms with Crippen LogP contribution in [-0.4, -0.2) is 30.2 Å². The molecule has 1 N–H and O–H groups in total. The van der Waals surface area contributed by atoms with Gasteiger partial charge < -0.3 is 5.32 Å². The normalized spacial score (nSPS) is 41.7. The first-order valence-corrected chi connectivity index (χ1v) is 4.37. The number of hydrogen-bond acceptors (Lipinski definition) is 2. The van der Waals surface area contributed by atoms with E-state index in [9.17, 15) is 0 Å². The van der Waals surface area contributed by atoms with Crippen molar-refractivity contribution in [2.75, 3.05) is 13.1 Å². The van der Waals surface area contributed by atoms with Crippen LogP contribution in [0.4, 0.5) is 0 Å². The molecule has 0 saturated carbocycles. The van der Waals surface area contributed by atoms with E-state index in [2.05, 4.69) is 17.1 Å². The lowest BCUT2D eigenvalue weighted by atomic mass is 10.0. The molecule has 0 bridgehead atoms. The third-order valence-electron chi connectivity index (χ3n) is 2.82. The molecule has 0 spiro atoms. The molecule has 10 heavy (non-hydrogen) atoms. The van der Waals surface area contributed by atoms with Crippen LogP contribution in [0.15, 0.2) is 0 Å². The Hall–Kier alpha value is -0.0800. The first-order chi connectivity index (χ1) is 4.88. The molecule has 2 heterocycles. The maximum atomic E-state index is 3.51. The number of piperidine rings is 1. The van der Waals surface area contributed by atoms with E-state index in [1.165, 1.54) is 32.4 Å². The Balaban J connectivity index is 2.03. The van der Waals surface area contributed by atoms with Crippen LogP contribution in [0.2, 0.25) is 0 Å². The van der Waals surface area contributed by atoms with E-state index >= 15 is 0 Å². The summed E-state index contributed by atoms with van der Waals surface area (Å²) in [5, 5.41) is 3.51. The summed E-state index contributed by atoms with van der Waals surface area (Å²) >= 11 is 0. The lowest BCUT2D eigenvalue weighted by Crippen LogP contribution is -2.44. The molecule has 58 valence electrons. The second kappa shape index (κ2) is 2.51. The largest absolute Gasteiger partial charge is 0.300 e. The second-order valence-electron chi connectivity index (χ2n) is 3.49. The third kappa shape index (κ3) is 0.956. The SMILES string of the molecule is CC1CCCC2NCCN12. The third-order valence-corrected chi connectivity index (χ3v) is 2.82. The summed E-state index contributed by atoms with van der Waals surface area (Å²) in [4.78, 5) is 2.60. The molecule has 0 amide bonds. The molecule has 2 fully saturated rings. The maximum absolute atomic E-state index is 3.51. The average molecular weight is 140 g/mol. The van der Waals surface area contributed by atoms with Gasteiger partial charge in [0.05, 0.1) is 6.17 Å². The number of rotatable bonds is 0. The van der Waals surface area contributed by atoms with Crippen molar-refractivity contribution in [2.45, 2.75) is 38.4 Å². The highest BCUT2D eigenvalue weighted by Gasteiger charge is 2.30. The predicted octanol–water partition coefficient (Wildman–Crippen LogP) is 0.790. The molecular formula is C8H16N2. The van der Waals surface area contributed by atoms with Crippen LogP contribution in [0, 0.1) is 0 Å². The van der Waals surface area contributed by atoms with E-state index in [1.807, 2.05) is 0 Å². The smallest absolute Gasteiger partial charge is 0.0600 e. The van der Waals surface area contributed by atoms with Gasteiger partial charge in [-0.05, 0) is 26.2 Å². The van der Waals surface area contributed by atoms with Crippen LogP contribution in [0.1, 0.15) is 26.2 Å². The minimum absolute atomic E-state index is 0.726.